The van der Waals surface area contributed by atoms with Crippen molar-refractivity contribution in [2.45, 2.75) is 69.1 Å². The summed E-state index contributed by atoms with van der Waals surface area (Å²) in [5.74, 6) is -7.82. The minimum atomic E-state index is -1.63. The van der Waals surface area contributed by atoms with Gasteiger partial charge in [-0.1, -0.05) is 0 Å². The molecule has 0 bridgehead atoms. The molecule has 0 aliphatic rings. The lowest BCUT2D eigenvalue weighted by Crippen LogP contribution is -2.57. The Morgan fingerprint density at radius 1 is 0.789 bits per heavy atom. The molecule has 0 aliphatic carbocycles. The van der Waals surface area contributed by atoms with Crippen molar-refractivity contribution in [1.29, 1.82) is 0 Å². The van der Waals surface area contributed by atoms with Gasteiger partial charge in [-0.25, -0.2) is 9.78 Å². The Balaban J connectivity index is 3.01. The smallest absolute Gasteiger partial charge is 0.326 e. The lowest BCUT2D eigenvalue weighted by atomic mass is 10.1. The second-order valence-electron chi connectivity index (χ2n) is 8.28. The number of carboxylic acid groups (broad SMARTS) is 3. The van der Waals surface area contributed by atoms with Gasteiger partial charge in [-0.2, -0.15) is 0 Å². The molecule has 4 unspecified atom stereocenters. The summed E-state index contributed by atoms with van der Waals surface area (Å²) >= 11 is 0. The van der Waals surface area contributed by atoms with E-state index in [0.29, 0.717) is 5.69 Å². The first-order chi connectivity index (χ1) is 17.8. The van der Waals surface area contributed by atoms with E-state index in [4.69, 9.17) is 21.7 Å². The van der Waals surface area contributed by atoms with Crippen LogP contribution in [0.2, 0.25) is 0 Å². The van der Waals surface area contributed by atoms with E-state index in [1.54, 1.807) is 0 Å². The SMILES string of the molecule is NC(=O)CCC(NC(=O)C(N)Cc1cnc[nH]1)C(=O)NC(CCC(=O)O)C(=O)NC(CCC(=O)O)C(=O)O. The maximum Gasteiger partial charge on any atom is 0.326 e. The molecule has 0 aliphatic heterocycles. The first-order valence-corrected chi connectivity index (χ1v) is 11.4. The molecule has 0 radical (unpaired) electrons. The summed E-state index contributed by atoms with van der Waals surface area (Å²) < 4.78 is 0. The molecular weight excluding hydrogens is 510 g/mol. The minimum Gasteiger partial charge on any atom is -0.481 e. The number of carbonyl (C=O) groups excluding carboxylic acids is 4. The van der Waals surface area contributed by atoms with Crippen LogP contribution in [-0.4, -0.2) is 91.0 Å². The number of amides is 4. The fourth-order valence-corrected chi connectivity index (χ4v) is 3.17. The van der Waals surface area contributed by atoms with Gasteiger partial charge in [0.25, 0.3) is 0 Å². The number of aliphatic carboxylic acids is 3. The van der Waals surface area contributed by atoms with Gasteiger partial charge in [-0.05, 0) is 19.3 Å². The third kappa shape index (κ3) is 11.9. The number of carbonyl (C=O) groups is 7. The summed E-state index contributed by atoms with van der Waals surface area (Å²) in [4.78, 5) is 89.3. The van der Waals surface area contributed by atoms with Gasteiger partial charge in [0.05, 0.1) is 12.4 Å². The highest BCUT2D eigenvalue weighted by atomic mass is 16.4. The molecule has 0 saturated carbocycles. The fourth-order valence-electron chi connectivity index (χ4n) is 3.17. The molecular formula is C21H31N7O10. The van der Waals surface area contributed by atoms with Crippen molar-refractivity contribution in [3.63, 3.8) is 0 Å². The van der Waals surface area contributed by atoms with Crippen LogP contribution < -0.4 is 27.4 Å². The van der Waals surface area contributed by atoms with Crippen molar-refractivity contribution >= 4 is 41.5 Å². The Morgan fingerprint density at radius 3 is 1.71 bits per heavy atom. The van der Waals surface area contributed by atoms with Crippen molar-refractivity contribution in [2.75, 3.05) is 0 Å². The maximum absolute atomic E-state index is 13.0. The zero-order valence-corrected chi connectivity index (χ0v) is 20.2. The molecule has 4 amide bonds. The monoisotopic (exact) mass is 541 g/mol. The van der Waals surface area contributed by atoms with Crippen molar-refractivity contribution in [3.8, 4) is 0 Å². The van der Waals surface area contributed by atoms with E-state index in [1.807, 2.05) is 0 Å². The summed E-state index contributed by atoms with van der Waals surface area (Å²) in [6, 6.07) is -5.74. The number of hydrogen-bond acceptors (Lipinski definition) is 9. The van der Waals surface area contributed by atoms with Crippen molar-refractivity contribution < 1.29 is 48.9 Å². The van der Waals surface area contributed by atoms with Gasteiger partial charge in [0.1, 0.15) is 18.1 Å². The summed E-state index contributed by atoms with van der Waals surface area (Å²) in [6.45, 7) is 0. The molecule has 1 heterocycles. The van der Waals surface area contributed by atoms with Crippen molar-refractivity contribution in [3.05, 3.63) is 18.2 Å². The quantitative estimate of drug-likeness (QED) is 0.0888. The van der Waals surface area contributed by atoms with E-state index >= 15 is 0 Å². The lowest BCUT2D eigenvalue weighted by molar-refractivity contribution is -0.144. The van der Waals surface area contributed by atoms with Crippen LogP contribution in [0.4, 0.5) is 0 Å². The Labute approximate surface area is 215 Å². The second-order valence-corrected chi connectivity index (χ2v) is 8.28. The summed E-state index contributed by atoms with van der Waals surface area (Å²) in [6.07, 6.45) is 0.118. The first-order valence-electron chi connectivity index (χ1n) is 11.4. The van der Waals surface area contributed by atoms with Gasteiger partial charge in [0.2, 0.25) is 23.6 Å². The molecule has 17 nitrogen and oxygen atoms in total. The second kappa shape index (κ2) is 15.5. The number of primary amides is 1. The number of imidazole rings is 1. The molecule has 4 atom stereocenters. The molecule has 0 spiro atoms. The van der Waals surface area contributed by atoms with E-state index in [0.717, 1.165) is 0 Å². The van der Waals surface area contributed by atoms with Gasteiger partial charge in [-0.15, -0.1) is 0 Å². The highest BCUT2D eigenvalue weighted by Gasteiger charge is 2.31. The molecule has 0 aromatic carbocycles. The normalized spacial score (nSPS) is 13.8. The Morgan fingerprint density at radius 2 is 1.26 bits per heavy atom. The van der Waals surface area contributed by atoms with Crippen molar-refractivity contribution in [1.82, 2.24) is 25.9 Å². The van der Waals surface area contributed by atoms with Gasteiger partial charge < -0.3 is 47.7 Å². The summed E-state index contributed by atoms with van der Waals surface area (Å²) in [7, 11) is 0. The molecule has 17 heteroatoms. The predicted molar refractivity (Wildman–Crippen MR) is 126 cm³/mol. The molecule has 210 valence electrons. The lowest BCUT2D eigenvalue weighted by Gasteiger charge is -2.25. The number of nitrogens with zero attached hydrogens (tertiary/aromatic N) is 1. The van der Waals surface area contributed by atoms with Crippen LogP contribution in [-0.2, 0) is 40.0 Å². The number of aromatic nitrogens is 2. The number of rotatable bonds is 18. The van der Waals surface area contributed by atoms with Crippen molar-refractivity contribution in [2.24, 2.45) is 11.5 Å². The number of H-pyrrole nitrogens is 1. The molecule has 0 saturated heterocycles. The molecule has 1 aromatic heterocycles. The zero-order valence-electron chi connectivity index (χ0n) is 20.2. The topological polar surface area (TPSA) is 297 Å². The van der Waals surface area contributed by atoms with Crippen LogP contribution in [0.5, 0.6) is 0 Å². The van der Waals surface area contributed by atoms with E-state index < -0.39 is 91.4 Å². The predicted octanol–water partition coefficient (Wildman–Crippen LogP) is -3.19. The summed E-state index contributed by atoms with van der Waals surface area (Å²) in [5.41, 5.74) is 11.5. The van der Waals surface area contributed by atoms with Crippen LogP contribution in [0.15, 0.2) is 12.5 Å². The molecule has 38 heavy (non-hydrogen) atoms. The van der Waals surface area contributed by atoms with Crippen LogP contribution in [0, 0.1) is 0 Å². The third-order valence-electron chi connectivity index (χ3n) is 5.19. The number of nitrogens with one attached hydrogen (secondary N) is 4. The number of aromatic amines is 1. The average Bonchev–Trinajstić information content (AvgIpc) is 3.33. The van der Waals surface area contributed by atoms with Crippen LogP contribution in [0.1, 0.15) is 44.2 Å². The van der Waals surface area contributed by atoms with Crippen LogP contribution in [0.25, 0.3) is 0 Å². The Bertz CT molecular complexity index is 1010. The Hall–Kier alpha value is -4.54. The number of hydrogen-bond donors (Lipinski definition) is 9. The van der Waals surface area contributed by atoms with Crippen LogP contribution >= 0.6 is 0 Å². The van der Waals surface area contributed by atoms with E-state index in [1.165, 1.54) is 12.5 Å². The van der Waals surface area contributed by atoms with Crippen LogP contribution in [0.3, 0.4) is 0 Å². The Kier molecular flexibility index (Phi) is 12.9. The third-order valence-corrected chi connectivity index (χ3v) is 5.19. The zero-order chi connectivity index (χ0) is 28.8. The minimum absolute atomic E-state index is 0.0343. The largest absolute Gasteiger partial charge is 0.481 e. The highest BCUT2D eigenvalue weighted by Crippen LogP contribution is 2.06. The van der Waals surface area contributed by atoms with E-state index in [2.05, 4.69) is 25.9 Å². The van der Waals surface area contributed by atoms with Gasteiger partial charge in [-0.3, -0.25) is 28.8 Å². The van der Waals surface area contributed by atoms with E-state index in [9.17, 15) is 38.7 Å². The van der Waals surface area contributed by atoms with Gasteiger partial charge in [0, 0.05) is 37.6 Å². The van der Waals surface area contributed by atoms with Gasteiger partial charge >= 0.3 is 17.9 Å². The molecule has 11 N–H and O–H groups in total. The molecule has 0 fully saturated rings. The fraction of sp³-hybridized carbons (Fsp3) is 0.524. The molecule has 1 rings (SSSR count). The summed E-state index contributed by atoms with van der Waals surface area (Å²) in [5, 5.41) is 33.7. The van der Waals surface area contributed by atoms with Gasteiger partial charge in [0.15, 0.2) is 0 Å². The maximum atomic E-state index is 13.0. The first kappa shape index (κ1) is 31.5. The number of nitrogens with two attached hydrogens (primary N) is 2. The number of carboxylic acids is 3. The standard InChI is InChI=1S/C21H31N7O10/c22-11(7-10-8-24-9-25-10)18(34)26-12(1-4-15(23)29)19(35)27-13(2-5-16(30)31)20(36)28-14(21(37)38)3-6-17(32)33/h8-9,11-14H,1-7,22H2,(H2,23,29)(H,24,25)(H,26,34)(H,27,35)(H,28,36)(H,30,31)(H,32,33)(H,37,38). The highest BCUT2D eigenvalue weighted by molar-refractivity contribution is 5.94. The van der Waals surface area contributed by atoms with E-state index in [-0.39, 0.29) is 19.3 Å². The molecule has 1 aromatic rings. The average molecular weight is 542 g/mol.